The standard InChI is InChI=1S/C16H25NO4/c1-5-6-11(2)17-16(19)12(3)21-15-9-13(10-18)7-8-14(15)20-4/h7-9,11-12,18H,5-6,10H2,1-4H3,(H,17,19). The van der Waals surface area contributed by atoms with Crippen molar-refractivity contribution in [3.05, 3.63) is 23.8 Å². The molecule has 0 bridgehead atoms. The fraction of sp³-hybridized carbons (Fsp3) is 0.562. The fourth-order valence-electron chi connectivity index (χ4n) is 2.02. The minimum Gasteiger partial charge on any atom is -0.493 e. The molecule has 1 rings (SSSR count). The Labute approximate surface area is 126 Å². The highest BCUT2D eigenvalue weighted by Crippen LogP contribution is 2.29. The highest BCUT2D eigenvalue weighted by molar-refractivity contribution is 5.81. The summed E-state index contributed by atoms with van der Waals surface area (Å²) in [5.41, 5.74) is 0.706. The number of hydrogen-bond donors (Lipinski definition) is 2. The second-order valence-electron chi connectivity index (χ2n) is 5.10. The third-order valence-electron chi connectivity index (χ3n) is 3.19. The van der Waals surface area contributed by atoms with E-state index in [2.05, 4.69) is 12.2 Å². The smallest absolute Gasteiger partial charge is 0.260 e. The Kier molecular flexibility index (Phi) is 7.02. The Morgan fingerprint density at radius 3 is 2.62 bits per heavy atom. The van der Waals surface area contributed by atoms with Crippen molar-refractivity contribution in [3.8, 4) is 11.5 Å². The Morgan fingerprint density at radius 2 is 2.05 bits per heavy atom. The van der Waals surface area contributed by atoms with Crippen LogP contribution in [-0.4, -0.2) is 30.3 Å². The number of carbonyl (C=O) groups is 1. The zero-order valence-corrected chi connectivity index (χ0v) is 13.2. The van der Waals surface area contributed by atoms with Gasteiger partial charge in [-0.15, -0.1) is 0 Å². The Balaban J connectivity index is 2.73. The molecule has 2 unspecified atom stereocenters. The molecule has 21 heavy (non-hydrogen) atoms. The van der Waals surface area contributed by atoms with Gasteiger partial charge in [0.05, 0.1) is 13.7 Å². The number of nitrogens with one attached hydrogen (secondary N) is 1. The molecule has 0 fully saturated rings. The zero-order valence-electron chi connectivity index (χ0n) is 13.2. The monoisotopic (exact) mass is 295 g/mol. The van der Waals surface area contributed by atoms with E-state index in [0.717, 1.165) is 12.8 Å². The highest BCUT2D eigenvalue weighted by atomic mass is 16.5. The van der Waals surface area contributed by atoms with E-state index in [1.165, 1.54) is 7.11 Å². The van der Waals surface area contributed by atoms with Crippen molar-refractivity contribution in [1.82, 2.24) is 5.32 Å². The number of benzene rings is 1. The lowest BCUT2D eigenvalue weighted by Gasteiger charge is -2.19. The molecule has 2 N–H and O–H groups in total. The Hall–Kier alpha value is -1.75. The van der Waals surface area contributed by atoms with Crippen LogP contribution in [0.3, 0.4) is 0 Å². The van der Waals surface area contributed by atoms with E-state index in [0.29, 0.717) is 17.1 Å². The van der Waals surface area contributed by atoms with Crippen LogP contribution >= 0.6 is 0 Å². The van der Waals surface area contributed by atoms with Gasteiger partial charge in [-0.05, 0) is 38.0 Å². The molecule has 0 aliphatic heterocycles. The van der Waals surface area contributed by atoms with Crippen molar-refractivity contribution in [2.24, 2.45) is 0 Å². The zero-order chi connectivity index (χ0) is 15.8. The molecule has 2 atom stereocenters. The molecular formula is C16H25NO4. The Morgan fingerprint density at radius 1 is 1.33 bits per heavy atom. The summed E-state index contributed by atoms with van der Waals surface area (Å²) < 4.78 is 10.9. The van der Waals surface area contributed by atoms with Gasteiger partial charge in [-0.1, -0.05) is 19.4 Å². The third-order valence-corrected chi connectivity index (χ3v) is 3.19. The van der Waals surface area contributed by atoms with Gasteiger partial charge < -0.3 is 19.9 Å². The summed E-state index contributed by atoms with van der Waals surface area (Å²) in [6, 6.07) is 5.27. The maximum Gasteiger partial charge on any atom is 0.260 e. The van der Waals surface area contributed by atoms with Gasteiger partial charge in [0, 0.05) is 6.04 Å². The van der Waals surface area contributed by atoms with Crippen LogP contribution in [-0.2, 0) is 11.4 Å². The molecular weight excluding hydrogens is 270 g/mol. The largest absolute Gasteiger partial charge is 0.493 e. The van der Waals surface area contributed by atoms with E-state index in [1.807, 2.05) is 6.92 Å². The number of methoxy groups -OCH3 is 1. The van der Waals surface area contributed by atoms with Crippen molar-refractivity contribution in [1.29, 1.82) is 0 Å². The van der Waals surface area contributed by atoms with Gasteiger partial charge in [-0.3, -0.25) is 4.79 Å². The van der Waals surface area contributed by atoms with E-state index in [1.54, 1.807) is 25.1 Å². The summed E-state index contributed by atoms with van der Waals surface area (Å²) in [4.78, 5) is 12.1. The number of aliphatic hydroxyl groups excluding tert-OH is 1. The molecule has 1 aromatic rings. The molecule has 5 nitrogen and oxygen atoms in total. The van der Waals surface area contributed by atoms with E-state index in [9.17, 15) is 9.90 Å². The minimum atomic E-state index is -0.632. The Bertz CT molecular complexity index is 462. The maximum atomic E-state index is 12.1. The predicted molar refractivity (Wildman–Crippen MR) is 81.5 cm³/mol. The van der Waals surface area contributed by atoms with E-state index < -0.39 is 6.10 Å². The SMILES string of the molecule is CCCC(C)NC(=O)C(C)Oc1cc(CO)ccc1OC. The third kappa shape index (κ3) is 5.27. The molecule has 0 saturated heterocycles. The van der Waals surface area contributed by atoms with Crippen LogP contribution in [0.4, 0.5) is 0 Å². The highest BCUT2D eigenvalue weighted by Gasteiger charge is 2.18. The summed E-state index contributed by atoms with van der Waals surface area (Å²) in [6.45, 7) is 5.66. The van der Waals surface area contributed by atoms with Crippen molar-refractivity contribution in [3.63, 3.8) is 0 Å². The van der Waals surface area contributed by atoms with Gasteiger partial charge in [0.25, 0.3) is 5.91 Å². The molecule has 0 spiro atoms. The van der Waals surface area contributed by atoms with Crippen LogP contribution in [0.1, 0.15) is 39.2 Å². The summed E-state index contributed by atoms with van der Waals surface area (Å²) >= 11 is 0. The molecule has 1 aromatic carbocycles. The van der Waals surface area contributed by atoms with Crippen LogP contribution in [0.5, 0.6) is 11.5 Å². The van der Waals surface area contributed by atoms with Crippen LogP contribution in [0.2, 0.25) is 0 Å². The second kappa shape index (κ2) is 8.52. The number of carbonyl (C=O) groups excluding carboxylic acids is 1. The van der Waals surface area contributed by atoms with Crippen LogP contribution < -0.4 is 14.8 Å². The second-order valence-corrected chi connectivity index (χ2v) is 5.10. The average Bonchev–Trinajstić information content (AvgIpc) is 2.47. The first-order valence-electron chi connectivity index (χ1n) is 7.26. The van der Waals surface area contributed by atoms with E-state index >= 15 is 0 Å². The quantitative estimate of drug-likeness (QED) is 0.772. The number of rotatable bonds is 8. The van der Waals surface area contributed by atoms with Crippen LogP contribution in [0, 0.1) is 0 Å². The number of ether oxygens (including phenoxy) is 2. The van der Waals surface area contributed by atoms with Gasteiger partial charge in [0.15, 0.2) is 17.6 Å². The normalized spacial score (nSPS) is 13.4. The molecule has 0 aliphatic carbocycles. The first-order valence-corrected chi connectivity index (χ1v) is 7.26. The number of aliphatic hydroxyl groups is 1. The van der Waals surface area contributed by atoms with Crippen molar-refractivity contribution < 1.29 is 19.4 Å². The summed E-state index contributed by atoms with van der Waals surface area (Å²) in [5, 5.41) is 12.1. The van der Waals surface area contributed by atoms with Gasteiger partial charge in [0.1, 0.15) is 0 Å². The predicted octanol–water partition coefficient (Wildman–Crippen LogP) is 2.26. The molecule has 0 aliphatic rings. The minimum absolute atomic E-state index is 0.0888. The average molecular weight is 295 g/mol. The van der Waals surface area contributed by atoms with Crippen LogP contribution in [0.25, 0.3) is 0 Å². The summed E-state index contributed by atoms with van der Waals surface area (Å²) in [7, 11) is 1.54. The van der Waals surface area contributed by atoms with Gasteiger partial charge >= 0.3 is 0 Å². The van der Waals surface area contributed by atoms with Crippen molar-refractivity contribution in [2.45, 2.75) is 52.4 Å². The van der Waals surface area contributed by atoms with Gasteiger partial charge in [0.2, 0.25) is 0 Å². The molecule has 5 heteroatoms. The van der Waals surface area contributed by atoms with Gasteiger partial charge in [-0.25, -0.2) is 0 Å². The molecule has 0 heterocycles. The molecule has 118 valence electrons. The van der Waals surface area contributed by atoms with E-state index in [4.69, 9.17) is 9.47 Å². The lowest BCUT2D eigenvalue weighted by molar-refractivity contribution is -0.127. The molecule has 0 saturated carbocycles. The maximum absolute atomic E-state index is 12.1. The lowest BCUT2D eigenvalue weighted by Crippen LogP contribution is -2.41. The summed E-state index contributed by atoms with van der Waals surface area (Å²) in [6.07, 6.45) is 1.32. The fourth-order valence-corrected chi connectivity index (χ4v) is 2.02. The number of amides is 1. The lowest BCUT2D eigenvalue weighted by atomic mass is 10.2. The molecule has 0 radical (unpaired) electrons. The topological polar surface area (TPSA) is 67.8 Å². The summed E-state index contributed by atoms with van der Waals surface area (Å²) in [5.74, 6) is 0.829. The van der Waals surface area contributed by atoms with Gasteiger partial charge in [-0.2, -0.15) is 0 Å². The van der Waals surface area contributed by atoms with Crippen molar-refractivity contribution >= 4 is 5.91 Å². The molecule has 0 aromatic heterocycles. The molecule has 1 amide bonds. The van der Waals surface area contributed by atoms with E-state index in [-0.39, 0.29) is 18.6 Å². The first-order chi connectivity index (χ1) is 10.0. The first kappa shape index (κ1) is 17.3. The van der Waals surface area contributed by atoms with Crippen LogP contribution in [0.15, 0.2) is 18.2 Å². The number of hydrogen-bond acceptors (Lipinski definition) is 4. The van der Waals surface area contributed by atoms with Crippen molar-refractivity contribution in [2.75, 3.05) is 7.11 Å².